The number of carbonyl (C=O) groups excluding carboxylic acids is 2. The molecule has 2 aromatic rings. The SMILES string of the molecule is O=C(CNC(=O)c1ccc(C(F)(F)F)cc1)NCc1ccccc1OC(F)F. The van der Waals surface area contributed by atoms with E-state index in [0.717, 1.165) is 24.3 Å². The van der Waals surface area contributed by atoms with Crippen LogP contribution >= 0.6 is 0 Å². The fourth-order valence-electron chi connectivity index (χ4n) is 2.19. The van der Waals surface area contributed by atoms with Crippen molar-refractivity contribution in [2.24, 2.45) is 0 Å². The Balaban J connectivity index is 1.85. The van der Waals surface area contributed by atoms with Crippen LogP contribution in [0.3, 0.4) is 0 Å². The van der Waals surface area contributed by atoms with Gasteiger partial charge in [-0.05, 0) is 30.3 Å². The molecule has 0 heterocycles. The molecule has 0 aliphatic rings. The Morgan fingerprint density at radius 3 is 2.21 bits per heavy atom. The summed E-state index contributed by atoms with van der Waals surface area (Å²) in [4.78, 5) is 23.7. The number of amides is 2. The largest absolute Gasteiger partial charge is 0.434 e. The Morgan fingerprint density at radius 1 is 0.964 bits per heavy atom. The van der Waals surface area contributed by atoms with Crippen LogP contribution in [0.15, 0.2) is 48.5 Å². The molecule has 0 aliphatic heterocycles. The second kappa shape index (κ2) is 9.16. The van der Waals surface area contributed by atoms with E-state index in [1.807, 2.05) is 0 Å². The maximum Gasteiger partial charge on any atom is 0.416 e. The Morgan fingerprint density at radius 2 is 1.61 bits per heavy atom. The summed E-state index contributed by atoms with van der Waals surface area (Å²) >= 11 is 0. The van der Waals surface area contributed by atoms with E-state index in [0.29, 0.717) is 5.56 Å². The summed E-state index contributed by atoms with van der Waals surface area (Å²) in [5.74, 6) is -1.44. The summed E-state index contributed by atoms with van der Waals surface area (Å²) in [6, 6.07) is 9.38. The molecule has 0 radical (unpaired) electrons. The molecule has 0 fully saturated rings. The molecule has 2 N–H and O–H groups in total. The minimum absolute atomic E-state index is 0.0449. The average Bonchev–Trinajstić information content (AvgIpc) is 2.64. The van der Waals surface area contributed by atoms with Crippen LogP contribution in [0.1, 0.15) is 21.5 Å². The number of carbonyl (C=O) groups is 2. The van der Waals surface area contributed by atoms with E-state index in [4.69, 9.17) is 0 Å². The highest BCUT2D eigenvalue weighted by atomic mass is 19.4. The molecule has 2 aromatic carbocycles. The smallest absolute Gasteiger partial charge is 0.416 e. The first-order chi connectivity index (χ1) is 13.2. The van der Waals surface area contributed by atoms with Crippen molar-refractivity contribution < 1.29 is 36.3 Å². The molecule has 5 nitrogen and oxygen atoms in total. The first kappa shape index (κ1) is 21.1. The summed E-state index contributed by atoms with van der Waals surface area (Å²) in [7, 11) is 0. The summed E-state index contributed by atoms with van der Waals surface area (Å²) < 4.78 is 66.5. The molecule has 0 unspecified atom stereocenters. The number of hydrogen-bond donors (Lipinski definition) is 2. The third-order valence-corrected chi connectivity index (χ3v) is 3.55. The van der Waals surface area contributed by atoms with E-state index >= 15 is 0 Å². The molecule has 2 rings (SSSR count). The number of halogens is 5. The Hall–Kier alpha value is -3.17. The van der Waals surface area contributed by atoms with Gasteiger partial charge in [0.1, 0.15) is 5.75 Å². The second-order valence-electron chi connectivity index (χ2n) is 5.52. The van der Waals surface area contributed by atoms with E-state index < -0.39 is 36.7 Å². The van der Waals surface area contributed by atoms with Gasteiger partial charge in [0.05, 0.1) is 12.1 Å². The molecule has 0 saturated carbocycles. The lowest BCUT2D eigenvalue weighted by atomic mass is 10.1. The van der Waals surface area contributed by atoms with Crippen molar-refractivity contribution in [1.29, 1.82) is 0 Å². The Labute approximate surface area is 156 Å². The summed E-state index contributed by atoms with van der Waals surface area (Å²) in [5.41, 5.74) is -0.631. The molecule has 150 valence electrons. The summed E-state index contributed by atoms with van der Waals surface area (Å²) in [5, 5.41) is 4.68. The van der Waals surface area contributed by atoms with Gasteiger partial charge in [-0.25, -0.2) is 0 Å². The van der Waals surface area contributed by atoms with Crippen LogP contribution in [0.4, 0.5) is 22.0 Å². The van der Waals surface area contributed by atoms with Crippen molar-refractivity contribution in [2.75, 3.05) is 6.54 Å². The van der Waals surface area contributed by atoms with Crippen molar-refractivity contribution >= 4 is 11.8 Å². The molecule has 0 bridgehead atoms. The molecular formula is C18H15F5N2O3. The van der Waals surface area contributed by atoms with E-state index in [1.165, 1.54) is 18.2 Å². The fourth-order valence-corrected chi connectivity index (χ4v) is 2.19. The number of hydrogen-bond acceptors (Lipinski definition) is 3. The number of nitrogens with one attached hydrogen (secondary N) is 2. The average molecular weight is 402 g/mol. The van der Waals surface area contributed by atoms with E-state index in [2.05, 4.69) is 15.4 Å². The normalized spacial score (nSPS) is 11.2. The number of rotatable bonds is 7. The molecule has 28 heavy (non-hydrogen) atoms. The van der Waals surface area contributed by atoms with Gasteiger partial charge in [-0.15, -0.1) is 0 Å². The van der Waals surface area contributed by atoms with E-state index in [9.17, 15) is 31.5 Å². The second-order valence-corrected chi connectivity index (χ2v) is 5.52. The lowest BCUT2D eigenvalue weighted by molar-refractivity contribution is -0.137. The van der Waals surface area contributed by atoms with Crippen LogP contribution in [-0.4, -0.2) is 25.0 Å². The molecular weight excluding hydrogens is 387 g/mol. The summed E-state index contributed by atoms with van der Waals surface area (Å²) in [6.45, 7) is -3.57. The first-order valence-corrected chi connectivity index (χ1v) is 7.91. The lowest BCUT2D eigenvalue weighted by Gasteiger charge is -2.12. The van der Waals surface area contributed by atoms with Gasteiger partial charge < -0.3 is 15.4 Å². The first-order valence-electron chi connectivity index (χ1n) is 7.91. The number of ether oxygens (including phenoxy) is 1. The zero-order chi connectivity index (χ0) is 20.7. The number of para-hydroxylation sites is 1. The van der Waals surface area contributed by atoms with Gasteiger partial charge in [0.2, 0.25) is 5.91 Å². The van der Waals surface area contributed by atoms with Gasteiger partial charge in [-0.1, -0.05) is 18.2 Å². The Bertz CT molecular complexity index is 823. The van der Waals surface area contributed by atoms with Crippen molar-refractivity contribution in [2.45, 2.75) is 19.3 Å². The molecule has 2 amide bonds. The third-order valence-electron chi connectivity index (χ3n) is 3.55. The van der Waals surface area contributed by atoms with Crippen molar-refractivity contribution in [3.8, 4) is 5.75 Å². The maximum absolute atomic E-state index is 12.5. The lowest BCUT2D eigenvalue weighted by Crippen LogP contribution is -2.36. The van der Waals surface area contributed by atoms with Crippen LogP contribution < -0.4 is 15.4 Å². The molecule has 0 atom stereocenters. The van der Waals surface area contributed by atoms with Crippen LogP contribution in [-0.2, 0) is 17.5 Å². The minimum atomic E-state index is -4.51. The maximum atomic E-state index is 12.5. The van der Waals surface area contributed by atoms with Gasteiger partial charge in [-0.3, -0.25) is 9.59 Å². The van der Waals surface area contributed by atoms with Crippen molar-refractivity contribution in [3.05, 3.63) is 65.2 Å². The van der Waals surface area contributed by atoms with Gasteiger partial charge in [-0.2, -0.15) is 22.0 Å². The van der Waals surface area contributed by atoms with Gasteiger partial charge in [0, 0.05) is 17.7 Å². The predicted molar refractivity (Wildman–Crippen MR) is 88.7 cm³/mol. The quantitative estimate of drug-likeness (QED) is 0.698. The minimum Gasteiger partial charge on any atom is -0.434 e. The highest BCUT2D eigenvalue weighted by Crippen LogP contribution is 2.29. The number of benzene rings is 2. The number of alkyl halides is 5. The Kier molecular flexibility index (Phi) is 6.91. The van der Waals surface area contributed by atoms with Crippen LogP contribution in [0.25, 0.3) is 0 Å². The molecule has 0 aromatic heterocycles. The molecule has 0 aliphatic carbocycles. The van der Waals surface area contributed by atoms with Crippen molar-refractivity contribution in [3.63, 3.8) is 0 Å². The summed E-state index contributed by atoms with van der Waals surface area (Å²) in [6.07, 6.45) is -4.51. The van der Waals surface area contributed by atoms with Crippen LogP contribution in [0.5, 0.6) is 5.75 Å². The fraction of sp³-hybridized carbons (Fsp3) is 0.222. The van der Waals surface area contributed by atoms with Gasteiger partial charge >= 0.3 is 12.8 Å². The zero-order valence-corrected chi connectivity index (χ0v) is 14.2. The predicted octanol–water partition coefficient (Wildman–Crippen LogP) is 3.35. The van der Waals surface area contributed by atoms with E-state index in [1.54, 1.807) is 6.07 Å². The van der Waals surface area contributed by atoms with Crippen LogP contribution in [0, 0.1) is 0 Å². The highest BCUT2D eigenvalue weighted by molar-refractivity contribution is 5.96. The third kappa shape index (κ3) is 6.22. The van der Waals surface area contributed by atoms with Crippen LogP contribution in [0.2, 0.25) is 0 Å². The monoisotopic (exact) mass is 402 g/mol. The van der Waals surface area contributed by atoms with Crippen molar-refractivity contribution in [1.82, 2.24) is 10.6 Å². The van der Waals surface area contributed by atoms with Gasteiger partial charge in [0.15, 0.2) is 0 Å². The molecule has 0 spiro atoms. The zero-order valence-electron chi connectivity index (χ0n) is 14.2. The molecule has 0 saturated heterocycles. The van der Waals surface area contributed by atoms with E-state index in [-0.39, 0.29) is 17.9 Å². The topological polar surface area (TPSA) is 67.4 Å². The standard InChI is InChI=1S/C18H15F5N2O3/c19-17(20)28-14-4-2-1-3-12(14)9-24-15(26)10-25-16(27)11-5-7-13(8-6-11)18(21,22)23/h1-8,17H,9-10H2,(H,24,26)(H,25,27). The highest BCUT2D eigenvalue weighted by Gasteiger charge is 2.30. The van der Waals surface area contributed by atoms with Gasteiger partial charge in [0.25, 0.3) is 5.91 Å². The molecule has 10 heteroatoms.